The molecule has 4 rings (SSSR count). The zero-order valence-corrected chi connectivity index (χ0v) is 17.6. The predicted octanol–water partition coefficient (Wildman–Crippen LogP) is 4.25. The van der Waals surface area contributed by atoms with Gasteiger partial charge in [0.2, 0.25) is 6.79 Å². The van der Waals surface area contributed by atoms with Crippen molar-refractivity contribution in [1.29, 1.82) is 0 Å². The molecule has 3 aromatic rings. The molecule has 0 unspecified atom stereocenters. The van der Waals surface area contributed by atoms with Crippen molar-refractivity contribution in [2.75, 3.05) is 18.1 Å². The molecule has 1 heterocycles. The molecule has 1 aliphatic rings. The van der Waals surface area contributed by atoms with Gasteiger partial charge in [-0.25, -0.2) is 17.6 Å². The summed E-state index contributed by atoms with van der Waals surface area (Å²) in [5, 5.41) is 0.0223. The van der Waals surface area contributed by atoms with Gasteiger partial charge < -0.3 is 14.2 Å². The molecule has 0 saturated heterocycles. The fourth-order valence-electron chi connectivity index (χ4n) is 2.87. The van der Waals surface area contributed by atoms with Gasteiger partial charge in [0.15, 0.2) is 11.5 Å². The highest BCUT2D eigenvalue weighted by Gasteiger charge is 2.25. The molecule has 0 fully saturated rings. The molecule has 0 atom stereocenters. The van der Waals surface area contributed by atoms with Gasteiger partial charge in [-0.15, -0.1) is 0 Å². The van der Waals surface area contributed by atoms with E-state index < -0.39 is 21.8 Å². The van der Waals surface area contributed by atoms with Gasteiger partial charge in [-0.05, 0) is 54.6 Å². The molecule has 0 aromatic heterocycles. The van der Waals surface area contributed by atoms with Gasteiger partial charge >= 0.3 is 5.97 Å². The van der Waals surface area contributed by atoms with Gasteiger partial charge in [0.25, 0.3) is 10.0 Å². The largest absolute Gasteiger partial charge is 0.454 e. The van der Waals surface area contributed by atoms with Crippen molar-refractivity contribution in [2.24, 2.45) is 0 Å². The van der Waals surface area contributed by atoms with E-state index in [4.69, 9.17) is 25.8 Å². The predicted molar refractivity (Wildman–Crippen MR) is 111 cm³/mol. The molecule has 0 spiro atoms. The minimum Gasteiger partial charge on any atom is -0.454 e. The van der Waals surface area contributed by atoms with Crippen LogP contribution in [-0.4, -0.2) is 28.2 Å². The molecule has 7 nitrogen and oxygen atoms in total. The fraction of sp³-hybridized carbons (Fsp3) is 0.0952. The molecule has 0 amide bonds. The number of anilines is 1. The van der Waals surface area contributed by atoms with Gasteiger partial charge in [-0.3, -0.25) is 4.31 Å². The molecule has 10 heteroatoms. The Balaban J connectivity index is 1.61. The number of fused-ring (bicyclic) bond motifs is 1. The van der Waals surface area contributed by atoms with Gasteiger partial charge in [-0.1, -0.05) is 11.6 Å². The van der Waals surface area contributed by atoms with Crippen LogP contribution < -0.4 is 18.5 Å². The average molecular weight is 464 g/mol. The molecule has 160 valence electrons. The number of sulfonamides is 1. The number of ether oxygens (including phenoxy) is 3. The minimum absolute atomic E-state index is 0.0223. The van der Waals surface area contributed by atoms with Crippen LogP contribution in [0.4, 0.5) is 10.1 Å². The lowest BCUT2D eigenvalue weighted by atomic mass is 10.2. The third-order valence-electron chi connectivity index (χ3n) is 4.56. The molecule has 0 radical (unpaired) electrons. The van der Waals surface area contributed by atoms with E-state index in [1.165, 1.54) is 43.4 Å². The van der Waals surface area contributed by atoms with Crippen molar-refractivity contribution in [3.63, 3.8) is 0 Å². The van der Waals surface area contributed by atoms with Crippen molar-refractivity contribution in [1.82, 2.24) is 0 Å². The van der Waals surface area contributed by atoms with Gasteiger partial charge in [0, 0.05) is 13.1 Å². The molecule has 0 saturated carbocycles. The van der Waals surface area contributed by atoms with Crippen LogP contribution in [0, 0.1) is 5.82 Å². The summed E-state index contributed by atoms with van der Waals surface area (Å²) in [4.78, 5) is 12.5. The molecule has 31 heavy (non-hydrogen) atoms. The van der Waals surface area contributed by atoms with E-state index in [0.717, 1.165) is 22.5 Å². The van der Waals surface area contributed by atoms with Crippen molar-refractivity contribution in [3.05, 3.63) is 77.1 Å². The van der Waals surface area contributed by atoms with Crippen LogP contribution in [0.2, 0.25) is 5.02 Å². The number of rotatable bonds is 5. The number of benzene rings is 3. The van der Waals surface area contributed by atoms with Gasteiger partial charge in [0.05, 0.1) is 21.2 Å². The van der Waals surface area contributed by atoms with Crippen molar-refractivity contribution < 1.29 is 31.8 Å². The first-order chi connectivity index (χ1) is 14.8. The lowest BCUT2D eigenvalue weighted by Crippen LogP contribution is -2.27. The topological polar surface area (TPSA) is 82.1 Å². The SMILES string of the molecule is CN(c1ccc(F)cc1)S(=O)(=O)c1ccc(Cl)c(C(=O)Oc2ccc3c(c2)OCO3)c1. The number of carbonyl (C=O) groups excluding carboxylic acids is 1. The second-order valence-electron chi connectivity index (χ2n) is 6.50. The van der Waals surface area contributed by atoms with E-state index in [9.17, 15) is 17.6 Å². The number of hydrogen-bond acceptors (Lipinski definition) is 6. The second kappa shape index (κ2) is 8.09. The number of nitrogens with zero attached hydrogens (tertiary/aromatic N) is 1. The van der Waals surface area contributed by atoms with Crippen LogP contribution in [0.25, 0.3) is 0 Å². The Bertz CT molecular complexity index is 1260. The Morgan fingerprint density at radius 1 is 1.03 bits per heavy atom. The van der Waals surface area contributed by atoms with Gasteiger partial charge in [-0.2, -0.15) is 0 Å². The molecular formula is C21H15ClFNO6S. The highest BCUT2D eigenvalue weighted by atomic mass is 35.5. The molecular weight excluding hydrogens is 449 g/mol. The standard InChI is InChI=1S/C21H15ClFNO6S/c1-24(14-4-2-13(23)3-5-14)31(26,27)16-7-8-18(22)17(11-16)21(25)30-15-6-9-19-20(10-15)29-12-28-19/h2-11H,12H2,1H3. The van der Waals surface area contributed by atoms with E-state index in [1.54, 1.807) is 6.07 Å². The summed E-state index contributed by atoms with van der Waals surface area (Å²) in [7, 11) is -2.73. The van der Waals surface area contributed by atoms with E-state index in [0.29, 0.717) is 11.5 Å². The molecule has 3 aromatic carbocycles. The van der Waals surface area contributed by atoms with E-state index in [2.05, 4.69) is 0 Å². The number of carbonyl (C=O) groups is 1. The normalized spacial score (nSPS) is 12.5. The quantitative estimate of drug-likeness (QED) is 0.415. The summed E-state index contributed by atoms with van der Waals surface area (Å²) in [5.74, 6) is -0.203. The Hall–Kier alpha value is -3.30. The zero-order chi connectivity index (χ0) is 22.2. The average Bonchev–Trinajstić information content (AvgIpc) is 3.21. The molecule has 0 bridgehead atoms. The maximum atomic E-state index is 13.2. The van der Waals surface area contributed by atoms with Crippen LogP contribution in [0.5, 0.6) is 17.2 Å². The Morgan fingerprint density at radius 3 is 2.48 bits per heavy atom. The van der Waals surface area contributed by atoms with Crippen molar-refractivity contribution >= 4 is 33.3 Å². The highest BCUT2D eigenvalue weighted by Crippen LogP contribution is 2.35. The van der Waals surface area contributed by atoms with Gasteiger partial charge in [0.1, 0.15) is 11.6 Å². The Morgan fingerprint density at radius 2 is 1.74 bits per heavy atom. The van der Waals surface area contributed by atoms with Crippen LogP contribution in [0.15, 0.2) is 65.6 Å². The van der Waals surface area contributed by atoms with Crippen LogP contribution in [0.3, 0.4) is 0 Å². The summed E-state index contributed by atoms with van der Waals surface area (Å²) in [5.41, 5.74) is 0.119. The zero-order valence-electron chi connectivity index (χ0n) is 16.0. The lowest BCUT2D eigenvalue weighted by Gasteiger charge is -2.20. The van der Waals surface area contributed by atoms with Crippen molar-refractivity contribution in [3.8, 4) is 17.2 Å². The summed E-state index contributed by atoms with van der Waals surface area (Å²) in [6, 6.07) is 13.2. The summed E-state index contributed by atoms with van der Waals surface area (Å²) in [6.07, 6.45) is 0. The van der Waals surface area contributed by atoms with Crippen LogP contribution in [-0.2, 0) is 10.0 Å². The first kappa shape index (κ1) is 21.0. The second-order valence-corrected chi connectivity index (χ2v) is 8.87. The third-order valence-corrected chi connectivity index (χ3v) is 6.67. The fourth-order valence-corrected chi connectivity index (χ4v) is 4.29. The lowest BCUT2D eigenvalue weighted by molar-refractivity contribution is 0.0734. The number of hydrogen-bond donors (Lipinski definition) is 0. The van der Waals surface area contributed by atoms with E-state index in [1.807, 2.05) is 0 Å². The Kier molecular flexibility index (Phi) is 5.47. The highest BCUT2D eigenvalue weighted by molar-refractivity contribution is 7.92. The minimum atomic E-state index is -4.05. The first-order valence-corrected chi connectivity index (χ1v) is 10.7. The summed E-state index contributed by atoms with van der Waals surface area (Å²) < 4.78 is 55.9. The van der Waals surface area contributed by atoms with E-state index >= 15 is 0 Å². The van der Waals surface area contributed by atoms with E-state index in [-0.39, 0.29) is 33.7 Å². The number of esters is 1. The monoisotopic (exact) mass is 463 g/mol. The third kappa shape index (κ3) is 4.14. The Labute approximate surface area is 182 Å². The first-order valence-electron chi connectivity index (χ1n) is 8.91. The molecule has 0 aliphatic carbocycles. The smallest absolute Gasteiger partial charge is 0.345 e. The van der Waals surface area contributed by atoms with Crippen molar-refractivity contribution in [2.45, 2.75) is 4.90 Å². The maximum Gasteiger partial charge on any atom is 0.345 e. The number of halogens is 2. The maximum absolute atomic E-state index is 13.2. The van der Waals surface area contributed by atoms with Crippen LogP contribution >= 0.6 is 11.6 Å². The van der Waals surface area contributed by atoms with Crippen LogP contribution in [0.1, 0.15) is 10.4 Å². The molecule has 0 N–H and O–H groups in total. The summed E-state index contributed by atoms with van der Waals surface area (Å²) in [6.45, 7) is 0.0695. The summed E-state index contributed by atoms with van der Waals surface area (Å²) >= 11 is 6.12. The molecule has 1 aliphatic heterocycles.